The zero-order chi connectivity index (χ0) is 40.1. The van der Waals surface area contributed by atoms with Crippen LogP contribution in [-0.4, -0.2) is 113 Å². The molecule has 296 valence electrons. The van der Waals surface area contributed by atoms with E-state index in [4.69, 9.17) is 21.4 Å². The van der Waals surface area contributed by atoms with Crippen LogP contribution in [0.4, 0.5) is 23.0 Å². The molecule has 5 N–H and O–H groups in total. The summed E-state index contributed by atoms with van der Waals surface area (Å²) in [6.07, 6.45) is 7.19. The zero-order valence-corrected chi connectivity index (χ0v) is 35.8. The third kappa shape index (κ3) is 13.6. The highest BCUT2D eigenvalue weighted by Gasteiger charge is 2.20. The lowest BCUT2D eigenvalue weighted by Gasteiger charge is -2.28. The molecule has 0 radical (unpaired) electrons. The van der Waals surface area contributed by atoms with Gasteiger partial charge in [-0.25, -0.2) is 9.97 Å². The third-order valence-electron chi connectivity index (χ3n) is 9.02. The highest BCUT2D eigenvalue weighted by atomic mass is 79.9. The molecule has 0 bridgehead atoms. The van der Waals surface area contributed by atoms with Crippen molar-refractivity contribution in [3.63, 3.8) is 0 Å². The number of piperidine rings is 2. The molecule has 2 fully saturated rings. The Hall–Kier alpha value is -3.93. The summed E-state index contributed by atoms with van der Waals surface area (Å²) in [5.41, 5.74) is 4.72. The topological polar surface area (TPSA) is 170 Å². The average molecular weight is 905 g/mol. The van der Waals surface area contributed by atoms with Gasteiger partial charge in [-0.05, 0) is 132 Å². The van der Waals surface area contributed by atoms with Crippen molar-refractivity contribution in [1.29, 1.82) is 0 Å². The predicted molar refractivity (Wildman–Crippen MR) is 224 cm³/mol. The average Bonchev–Trinajstić information content (AvgIpc) is 3.18. The number of ether oxygens (including phenoxy) is 1. The molecule has 0 atom stereocenters. The minimum absolute atomic E-state index is 0.0220. The van der Waals surface area contributed by atoms with E-state index in [1.807, 2.05) is 26.0 Å². The van der Waals surface area contributed by atoms with Crippen LogP contribution in [-0.2, 0) is 0 Å². The molecule has 0 spiro atoms. The summed E-state index contributed by atoms with van der Waals surface area (Å²) in [6.45, 7) is 8.05. The summed E-state index contributed by atoms with van der Waals surface area (Å²) in [5, 5.41) is 20.8. The number of aliphatic hydroxyl groups is 1. The van der Waals surface area contributed by atoms with Crippen LogP contribution in [0.1, 0.15) is 57.5 Å². The highest BCUT2D eigenvalue weighted by molar-refractivity contribution is 9.11. The normalized spacial score (nSPS) is 15.1. The van der Waals surface area contributed by atoms with Crippen molar-refractivity contribution in [2.24, 2.45) is 0 Å². The molecule has 2 aliphatic heterocycles. The lowest BCUT2D eigenvalue weighted by molar-refractivity contribution is 0.0941. The van der Waals surface area contributed by atoms with Crippen LogP contribution < -0.4 is 26.0 Å². The Balaban J connectivity index is 0.000000209. The molecule has 2 aliphatic rings. The quantitative estimate of drug-likeness (QED) is 0.122. The maximum absolute atomic E-state index is 11.9. The first-order valence-electron chi connectivity index (χ1n) is 17.9. The first-order valence-corrected chi connectivity index (χ1v) is 19.8. The molecular formula is C38H49Br2ClN10O4. The van der Waals surface area contributed by atoms with Crippen molar-refractivity contribution in [2.75, 3.05) is 65.0 Å². The Kier molecular flexibility index (Phi) is 17.0. The van der Waals surface area contributed by atoms with E-state index < -0.39 is 0 Å². The van der Waals surface area contributed by atoms with E-state index in [-0.39, 0.29) is 29.3 Å². The molecule has 2 aromatic carbocycles. The number of halogens is 3. The molecule has 2 amide bonds. The number of nitrogens with one attached hydrogen (secondary N) is 4. The molecule has 0 aliphatic carbocycles. The predicted octanol–water partition coefficient (Wildman–Crippen LogP) is 6.50. The van der Waals surface area contributed by atoms with E-state index in [2.05, 4.69) is 97.0 Å². The number of aryl methyl sites for hydroxylation is 2. The van der Waals surface area contributed by atoms with Gasteiger partial charge in [0.05, 0.1) is 21.2 Å². The number of carbonyl (C=O) groups excluding carboxylic acids is 2. The van der Waals surface area contributed by atoms with Gasteiger partial charge in [0.1, 0.15) is 11.9 Å². The second-order valence-electron chi connectivity index (χ2n) is 13.3. The van der Waals surface area contributed by atoms with Gasteiger partial charge in [-0.15, -0.1) is 0 Å². The molecule has 6 rings (SSSR count). The number of rotatable bonds is 8. The summed E-state index contributed by atoms with van der Waals surface area (Å²) in [5.74, 6) is 0.867. The van der Waals surface area contributed by atoms with Crippen LogP contribution in [0.2, 0.25) is 5.28 Å². The van der Waals surface area contributed by atoms with E-state index >= 15 is 0 Å². The van der Waals surface area contributed by atoms with Crippen LogP contribution in [0.5, 0.6) is 6.01 Å². The van der Waals surface area contributed by atoms with Crippen LogP contribution in [0.25, 0.3) is 0 Å². The number of aromatic nitrogens is 4. The second-order valence-corrected chi connectivity index (χ2v) is 15.4. The van der Waals surface area contributed by atoms with Crippen LogP contribution >= 0.6 is 43.5 Å². The molecule has 55 heavy (non-hydrogen) atoms. The van der Waals surface area contributed by atoms with Crippen LogP contribution in [0.3, 0.4) is 0 Å². The van der Waals surface area contributed by atoms with Gasteiger partial charge >= 0.3 is 6.01 Å². The minimum atomic E-state index is -0.146. The fourth-order valence-corrected chi connectivity index (χ4v) is 6.23. The lowest BCUT2D eigenvalue weighted by Crippen LogP contribution is -2.35. The molecule has 14 nitrogen and oxygen atoms in total. The number of likely N-dealkylation sites (tertiary alicyclic amines) is 2. The monoisotopic (exact) mass is 902 g/mol. The fourth-order valence-electron chi connectivity index (χ4n) is 5.52. The first-order chi connectivity index (χ1) is 26.3. The summed E-state index contributed by atoms with van der Waals surface area (Å²) < 4.78 is 7.38. The molecule has 17 heteroatoms. The third-order valence-corrected chi connectivity index (χ3v) is 10.4. The molecule has 0 saturated carbocycles. The SMILES string of the molecule is CN1CCC(O)CC1.CNC(=O)c1ccc(C)c(Nc2nc(Cl)ncc2Br)c1.CNC(=O)c1ccc(C)c(Nc2nc(OC3CCN(C)CC3)ncc2Br)c1. The van der Waals surface area contributed by atoms with Gasteiger partial charge in [0.2, 0.25) is 5.28 Å². The molecule has 4 heterocycles. The summed E-state index contributed by atoms with van der Waals surface area (Å²) in [4.78, 5) is 44.8. The van der Waals surface area contributed by atoms with E-state index in [0.29, 0.717) is 33.2 Å². The fraction of sp³-hybridized carbons (Fsp3) is 0.421. The number of amides is 2. The number of hydrogen-bond donors (Lipinski definition) is 5. The van der Waals surface area contributed by atoms with E-state index in [1.165, 1.54) is 0 Å². The Morgan fingerprint density at radius 1 is 0.764 bits per heavy atom. The molecular weight excluding hydrogens is 856 g/mol. The minimum Gasteiger partial charge on any atom is -0.460 e. The van der Waals surface area contributed by atoms with E-state index in [0.717, 1.165) is 78.8 Å². The summed E-state index contributed by atoms with van der Waals surface area (Å²) >= 11 is 12.6. The summed E-state index contributed by atoms with van der Waals surface area (Å²) in [6, 6.07) is 11.2. The molecule has 2 aromatic heterocycles. The lowest BCUT2D eigenvalue weighted by atomic mass is 10.1. The van der Waals surface area contributed by atoms with Gasteiger partial charge in [0.15, 0.2) is 5.82 Å². The summed E-state index contributed by atoms with van der Waals surface area (Å²) in [7, 11) is 7.41. The van der Waals surface area contributed by atoms with Crippen molar-refractivity contribution in [3.05, 3.63) is 85.3 Å². The number of nitrogens with zero attached hydrogens (tertiary/aromatic N) is 6. The van der Waals surface area contributed by atoms with Gasteiger partial charge < -0.3 is 40.9 Å². The maximum atomic E-state index is 11.9. The number of aliphatic hydroxyl groups excluding tert-OH is 1. The maximum Gasteiger partial charge on any atom is 0.318 e. The standard InChI is InChI=1S/C19H24BrN5O2.C13H12BrClN4O.C6H13NO/c1-12-4-5-13(18(26)21-2)10-16(12)23-17-15(20)11-22-19(24-17)27-14-6-8-25(3)9-7-14;1-7-3-4-8(12(20)16-2)5-10(7)18-11-9(14)6-17-13(15)19-11;1-7-4-2-6(8)3-5-7/h4-5,10-11,14H,6-9H2,1-3H3,(H,21,26)(H,22,23,24);3-6H,1-2H3,(H,16,20)(H,17,18,19);6,8H,2-5H2,1H3. The van der Waals surface area contributed by atoms with Crippen LogP contribution in [0, 0.1) is 13.8 Å². The van der Waals surface area contributed by atoms with Gasteiger partial charge in [0.25, 0.3) is 11.8 Å². The number of carbonyl (C=O) groups is 2. The first kappa shape index (κ1) is 43.8. The molecule has 2 saturated heterocycles. The van der Waals surface area contributed by atoms with E-state index in [1.54, 1.807) is 50.8 Å². The molecule has 4 aromatic rings. The number of anilines is 4. The second kappa shape index (κ2) is 21.4. The van der Waals surface area contributed by atoms with Crippen molar-refractivity contribution >= 4 is 78.3 Å². The van der Waals surface area contributed by atoms with E-state index in [9.17, 15) is 9.59 Å². The molecule has 0 unspecified atom stereocenters. The Morgan fingerprint density at radius 2 is 1.22 bits per heavy atom. The Labute approximate surface area is 344 Å². The van der Waals surface area contributed by atoms with Gasteiger partial charge in [0, 0.05) is 69.0 Å². The van der Waals surface area contributed by atoms with Crippen molar-refractivity contribution in [2.45, 2.75) is 51.7 Å². The smallest absolute Gasteiger partial charge is 0.318 e. The van der Waals surface area contributed by atoms with Crippen molar-refractivity contribution in [1.82, 2.24) is 40.4 Å². The van der Waals surface area contributed by atoms with Crippen molar-refractivity contribution < 1.29 is 19.4 Å². The zero-order valence-electron chi connectivity index (χ0n) is 31.9. The van der Waals surface area contributed by atoms with Crippen LogP contribution in [0.15, 0.2) is 57.7 Å². The number of benzene rings is 2. The highest BCUT2D eigenvalue weighted by Crippen LogP contribution is 2.29. The Morgan fingerprint density at radius 3 is 1.69 bits per heavy atom. The van der Waals surface area contributed by atoms with Gasteiger partial charge in [-0.3, -0.25) is 9.59 Å². The van der Waals surface area contributed by atoms with Gasteiger partial charge in [-0.1, -0.05) is 12.1 Å². The van der Waals surface area contributed by atoms with Gasteiger partial charge in [-0.2, -0.15) is 9.97 Å². The Bertz CT molecular complexity index is 1900. The number of hydrogen-bond acceptors (Lipinski definition) is 12. The van der Waals surface area contributed by atoms with Crippen molar-refractivity contribution in [3.8, 4) is 6.01 Å². The largest absolute Gasteiger partial charge is 0.460 e.